The molecule has 2 heterocycles. The number of hydrogen-bond acceptors (Lipinski definition) is 5. The van der Waals surface area contributed by atoms with Gasteiger partial charge >= 0.3 is 0 Å². The van der Waals surface area contributed by atoms with Gasteiger partial charge in [0.15, 0.2) is 0 Å². The molecule has 0 saturated heterocycles. The Kier molecular flexibility index (Phi) is 4.01. The summed E-state index contributed by atoms with van der Waals surface area (Å²) in [6.45, 7) is 4.96. The van der Waals surface area contributed by atoms with Crippen LogP contribution in [0.25, 0.3) is 10.9 Å². The van der Waals surface area contributed by atoms with E-state index in [1.807, 2.05) is 23.7 Å². The summed E-state index contributed by atoms with van der Waals surface area (Å²) in [6, 6.07) is 8.29. The minimum atomic E-state index is -0.0152. The zero-order valence-corrected chi connectivity index (χ0v) is 13.0. The number of aryl methyl sites for hydroxylation is 2. The lowest BCUT2D eigenvalue weighted by molar-refractivity contribution is 0.529. The van der Waals surface area contributed by atoms with E-state index in [1.165, 1.54) is 10.9 Å². The molecule has 0 aliphatic carbocycles. The number of benzene rings is 1. The second-order valence-corrected chi connectivity index (χ2v) is 6.06. The molecule has 0 amide bonds. The summed E-state index contributed by atoms with van der Waals surface area (Å²) >= 11 is 1.64. The topological polar surface area (TPSA) is 68.8 Å². The smallest absolute Gasteiger partial charge is 0.0898 e. The Morgan fingerprint density at radius 1 is 1.38 bits per heavy atom. The summed E-state index contributed by atoms with van der Waals surface area (Å²) in [4.78, 5) is 4.53. The highest BCUT2D eigenvalue weighted by atomic mass is 32.1. The second kappa shape index (κ2) is 5.93. The molecule has 0 bridgehead atoms. The first-order valence-electron chi connectivity index (χ1n) is 7.05. The van der Waals surface area contributed by atoms with Gasteiger partial charge in [-0.1, -0.05) is 18.2 Å². The molecule has 1 aromatic carbocycles. The standard InChI is InChI=1S/C15H19N5S/c1-3-20-15-7-5-4-6-11(15)12(19-20)8-13(18-16)14-9-21-10(2)17-14/h4-7,9,13,18H,3,8,16H2,1-2H3. The second-order valence-electron chi connectivity index (χ2n) is 4.99. The van der Waals surface area contributed by atoms with Crippen molar-refractivity contribution in [2.24, 2.45) is 5.84 Å². The van der Waals surface area contributed by atoms with E-state index < -0.39 is 0 Å². The highest BCUT2D eigenvalue weighted by Crippen LogP contribution is 2.24. The van der Waals surface area contributed by atoms with Crippen LogP contribution >= 0.6 is 11.3 Å². The molecule has 0 aliphatic rings. The average Bonchev–Trinajstić information content (AvgIpc) is 3.09. The van der Waals surface area contributed by atoms with Crippen molar-refractivity contribution in [2.75, 3.05) is 0 Å². The molecule has 110 valence electrons. The van der Waals surface area contributed by atoms with Crippen LogP contribution < -0.4 is 11.3 Å². The maximum absolute atomic E-state index is 5.73. The van der Waals surface area contributed by atoms with Crippen LogP contribution in [0.4, 0.5) is 0 Å². The van der Waals surface area contributed by atoms with E-state index >= 15 is 0 Å². The van der Waals surface area contributed by atoms with E-state index in [9.17, 15) is 0 Å². The molecule has 0 aliphatic heterocycles. The summed E-state index contributed by atoms with van der Waals surface area (Å²) in [5, 5.41) is 9.02. The maximum atomic E-state index is 5.73. The molecular formula is C15H19N5S. The van der Waals surface area contributed by atoms with Gasteiger partial charge < -0.3 is 0 Å². The molecule has 5 nitrogen and oxygen atoms in total. The third-order valence-electron chi connectivity index (χ3n) is 3.63. The Morgan fingerprint density at radius 2 is 2.19 bits per heavy atom. The first-order chi connectivity index (χ1) is 10.2. The number of nitrogens with one attached hydrogen (secondary N) is 1. The molecule has 0 radical (unpaired) electrons. The molecule has 6 heteroatoms. The van der Waals surface area contributed by atoms with Gasteiger partial charge in [0.1, 0.15) is 0 Å². The Labute approximate surface area is 127 Å². The van der Waals surface area contributed by atoms with E-state index in [2.05, 4.69) is 34.8 Å². The number of nitrogens with zero attached hydrogens (tertiary/aromatic N) is 3. The number of aromatic nitrogens is 3. The molecular weight excluding hydrogens is 282 g/mol. The third kappa shape index (κ3) is 2.70. The Hall–Kier alpha value is -1.76. The third-order valence-corrected chi connectivity index (χ3v) is 4.42. The van der Waals surface area contributed by atoms with Crippen molar-refractivity contribution in [1.29, 1.82) is 0 Å². The number of thiazole rings is 1. The fourth-order valence-corrected chi connectivity index (χ4v) is 3.24. The number of rotatable bonds is 5. The lowest BCUT2D eigenvalue weighted by Crippen LogP contribution is -2.30. The summed E-state index contributed by atoms with van der Waals surface area (Å²) in [5.74, 6) is 5.73. The molecule has 0 spiro atoms. The van der Waals surface area contributed by atoms with E-state index in [0.717, 1.165) is 29.4 Å². The van der Waals surface area contributed by atoms with Crippen LogP contribution in [-0.4, -0.2) is 14.8 Å². The van der Waals surface area contributed by atoms with Crippen molar-refractivity contribution in [3.05, 3.63) is 46.0 Å². The van der Waals surface area contributed by atoms with Crippen molar-refractivity contribution in [1.82, 2.24) is 20.2 Å². The van der Waals surface area contributed by atoms with Gasteiger partial charge in [-0.25, -0.2) is 4.98 Å². The highest BCUT2D eigenvalue weighted by Gasteiger charge is 2.18. The Bertz CT molecular complexity index is 745. The predicted molar refractivity (Wildman–Crippen MR) is 86.0 cm³/mol. The molecule has 1 atom stereocenters. The van der Waals surface area contributed by atoms with Crippen LogP contribution in [0.3, 0.4) is 0 Å². The first-order valence-corrected chi connectivity index (χ1v) is 7.93. The zero-order chi connectivity index (χ0) is 14.8. The monoisotopic (exact) mass is 301 g/mol. The molecule has 0 saturated carbocycles. The fourth-order valence-electron chi connectivity index (χ4n) is 2.57. The summed E-state index contributed by atoms with van der Waals surface area (Å²) in [7, 11) is 0. The Morgan fingerprint density at radius 3 is 2.86 bits per heavy atom. The maximum Gasteiger partial charge on any atom is 0.0898 e. The SMILES string of the molecule is CCn1nc(CC(NN)c2csc(C)n2)c2ccccc21. The van der Waals surface area contributed by atoms with Gasteiger partial charge in [0.25, 0.3) is 0 Å². The molecule has 3 rings (SSSR count). The molecule has 1 unspecified atom stereocenters. The number of hydrazine groups is 1. The molecule has 2 aromatic heterocycles. The van der Waals surface area contributed by atoms with Gasteiger partial charge in [-0.2, -0.15) is 5.10 Å². The minimum absolute atomic E-state index is 0.0152. The van der Waals surface area contributed by atoms with Crippen molar-refractivity contribution >= 4 is 22.2 Å². The normalized spacial score (nSPS) is 12.9. The van der Waals surface area contributed by atoms with Gasteiger partial charge in [0.05, 0.1) is 28.0 Å². The average molecular weight is 301 g/mol. The van der Waals surface area contributed by atoms with E-state index in [-0.39, 0.29) is 6.04 Å². The summed E-state index contributed by atoms with van der Waals surface area (Å²) in [6.07, 6.45) is 0.729. The number of nitrogens with two attached hydrogens (primary N) is 1. The summed E-state index contributed by atoms with van der Waals surface area (Å²) in [5.41, 5.74) is 6.07. The number of hydrogen-bond donors (Lipinski definition) is 2. The van der Waals surface area contributed by atoms with E-state index in [4.69, 9.17) is 10.9 Å². The van der Waals surface area contributed by atoms with Crippen molar-refractivity contribution in [3.8, 4) is 0 Å². The lowest BCUT2D eigenvalue weighted by atomic mass is 10.1. The largest absolute Gasteiger partial charge is 0.271 e. The quantitative estimate of drug-likeness (QED) is 0.561. The van der Waals surface area contributed by atoms with Gasteiger partial charge in [0, 0.05) is 23.7 Å². The summed E-state index contributed by atoms with van der Waals surface area (Å²) < 4.78 is 2.03. The van der Waals surface area contributed by atoms with Crippen LogP contribution in [0.15, 0.2) is 29.6 Å². The van der Waals surface area contributed by atoms with Crippen LogP contribution in [0.2, 0.25) is 0 Å². The van der Waals surface area contributed by atoms with Crippen LogP contribution in [-0.2, 0) is 13.0 Å². The number of para-hydroxylation sites is 1. The predicted octanol–water partition coefficient (Wildman–Crippen LogP) is 2.57. The van der Waals surface area contributed by atoms with Crippen LogP contribution in [0, 0.1) is 6.92 Å². The van der Waals surface area contributed by atoms with Gasteiger partial charge in [-0.05, 0) is 19.9 Å². The van der Waals surface area contributed by atoms with Crippen molar-refractivity contribution in [3.63, 3.8) is 0 Å². The van der Waals surface area contributed by atoms with E-state index in [1.54, 1.807) is 11.3 Å². The van der Waals surface area contributed by atoms with E-state index in [0.29, 0.717) is 0 Å². The molecule has 21 heavy (non-hydrogen) atoms. The van der Waals surface area contributed by atoms with Crippen molar-refractivity contribution in [2.45, 2.75) is 32.9 Å². The van der Waals surface area contributed by atoms with Crippen LogP contribution in [0.1, 0.15) is 29.4 Å². The molecule has 3 N–H and O–H groups in total. The van der Waals surface area contributed by atoms with Gasteiger partial charge in [-0.15, -0.1) is 11.3 Å². The van der Waals surface area contributed by atoms with Gasteiger partial charge in [-0.3, -0.25) is 16.0 Å². The number of fused-ring (bicyclic) bond motifs is 1. The first kappa shape index (κ1) is 14.2. The molecule has 3 aromatic rings. The lowest BCUT2D eigenvalue weighted by Gasteiger charge is -2.12. The van der Waals surface area contributed by atoms with Gasteiger partial charge in [0.2, 0.25) is 0 Å². The molecule has 0 fully saturated rings. The fraction of sp³-hybridized carbons (Fsp3) is 0.333. The van der Waals surface area contributed by atoms with Crippen molar-refractivity contribution < 1.29 is 0 Å². The van der Waals surface area contributed by atoms with Crippen LogP contribution in [0.5, 0.6) is 0 Å². The minimum Gasteiger partial charge on any atom is -0.271 e. The zero-order valence-electron chi connectivity index (χ0n) is 12.2. The highest BCUT2D eigenvalue weighted by molar-refractivity contribution is 7.09. The Balaban J connectivity index is 1.97.